The van der Waals surface area contributed by atoms with Crippen LogP contribution in [0.4, 0.5) is 0 Å². The largest absolute Gasteiger partial charge is 0.461 e. The van der Waals surface area contributed by atoms with Gasteiger partial charge in [0, 0.05) is 68.2 Å². The fraction of sp³-hybridized carbons (Fsp3) is 0.198. The van der Waals surface area contributed by atoms with Gasteiger partial charge in [0.15, 0.2) is 0 Å². The number of carbonyl (C=O) groups excluding carboxylic acids is 9. The number of ether oxygens (including phenoxy) is 9. The van der Waals surface area contributed by atoms with E-state index in [2.05, 4.69) is 83.2 Å². The molecule has 0 N–H and O–H groups in total. The van der Waals surface area contributed by atoms with Gasteiger partial charge in [-0.05, 0) is 300 Å². The Morgan fingerprint density at radius 1 is 0.254 bits per heavy atom. The van der Waals surface area contributed by atoms with Gasteiger partial charge >= 0.3 is 53.7 Å². The van der Waals surface area contributed by atoms with Crippen LogP contribution in [0.15, 0.2) is 249 Å². The second kappa shape index (κ2) is 37.8. The number of hydrogen-bond acceptors (Lipinski definition) is 18. The Bertz CT molecular complexity index is 5150. The van der Waals surface area contributed by atoms with E-state index >= 15 is 0 Å². The third-order valence-corrected chi connectivity index (χ3v) is 17.9. The zero-order chi connectivity index (χ0) is 82.9. The van der Waals surface area contributed by atoms with E-state index in [4.69, 9.17) is 42.6 Å². The van der Waals surface area contributed by atoms with E-state index in [1.165, 1.54) is 86.7 Å². The van der Waals surface area contributed by atoms with Crippen molar-refractivity contribution in [1.29, 1.82) is 0 Å². The van der Waals surface area contributed by atoms with Gasteiger partial charge < -0.3 is 42.6 Å². The highest BCUT2D eigenvalue weighted by atomic mass is 16.6. The van der Waals surface area contributed by atoms with Crippen molar-refractivity contribution in [2.45, 2.75) is 120 Å². The minimum Gasteiger partial charge on any atom is -0.461 e. The van der Waals surface area contributed by atoms with E-state index in [-0.39, 0.29) is 46.8 Å². The van der Waals surface area contributed by atoms with Gasteiger partial charge in [0.1, 0.15) is 52.6 Å². The Morgan fingerprint density at radius 2 is 0.456 bits per heavy atom. The molecule has 0 unspecified atom stereocenters. The van der Waals surface area contributed by atoms with Crippen LogP contribution >= 0.6 is 0 Å². The SMILES string of the molecule is C=C(C)C(=O)OCCC#Cc1cc2c3c(c1)CCc1cc(OC(=O)C(=C)C)cc(c1-3)CC2.C=C(C)C(=O)Oc1cc2c3c(c1)CCc1cc(OC(=O)C(=C)C)cc(c1-3)CC2.C=C(C)C(=O)Oc1ccc(-c2cc(OC(=O)C(=C)C)cc(OC(=O)C(=C)C)c2)cc1.C=C(C)C(=O)Oc1ccc(-c2ccc(OC(=O)C(=C)C)cc2)cc1. The maximum absolute atomic E-state index is 12.0. The first kappa shape index (κ1) is 84.2. The minimum absolute atomic E-state index is 0.183. The minimum atomic E-state index is -0.605. The van der Waals surface area contributed by atoms with Gasteiger partial charge in [0.25, 0.3) is 0 Å². The van der Waals surface area contributed by atoms with Crippen molar-refractivity contribution in [2.24, 2.45) is 0 Å². The number of esters is 9. The molecular formula is C96H88O18. The molecule has 8 aromatic carbocycles. The first-order valence-electron chi connectivity index (χ1n) is 36.5. The van der Waals surface area contributed by atoms with Crippen molar-refractivity contribution in [3.05, 3.63) is 299 Å². The molecular weight excluding hydrogens is 1440 g/mol. The van der Waals surface area contributed by atoms with E-state index in [0.29, 0.717) is 85.5 Å². The number of hydrogen-bond donors (Lipinski definition) is 0. The van der Waals surface area contributed by atoms with Crippen LogP contribution in [-0.2, 0) is 99.3 Å². The van der Waals surface area contributed by atoms with Gasteiger partial charge in [-0.2, -0.15) is 0 Å². The van der Waals surface area contributed by atoms with E-state index < -0.39 is 41.8 Å². The Kier molecular flexibility index (Phi) is 27.9. The predicted octanol–water partition coefficient (Wildman–Crippen LogP) is 18.5. The fourth-order valence-electron chi connectivity index (χ4n) is 12.2. The van der Waals surface area contributed by atoms with Crippen LogP contribution in [0.25, 0.3) is 44.5 Å². The zero-order valence-corrected chi connectivity index (χ0v) is 65.6. The molecule has 0 saturated carbocycles. The summed E-state index contributed by atoms with van der Waals surface area (Å²) in [5, 5.41) is 0. The molecule has 0 radical (unpaired) electrons. The van der Waals surface area contributed by atoms with Gasteiger partial charge in [0.05, 0.1) is 0 Å². The molecule has 0 spiro atoms. The number of aryl methyl sites for hydroxylation is 8. The summed E-state index contributed by atoms with van der Waals surface area (Å²) >= 11 is 0. The van der Waals surface area contributed by atoms with E-state index in [1.54, 1.807) is 109 Å². The van der Waals surface area contributed by atoms with E-state index in [1.807, 2.05) is 60.7 Å². The van der Waals surface area contributed by atoms with Crippen LogP contribution in [-0.4, -0.2) is 60.3 Å². The molecule has 18 nitrogen and oxygen atoms in total. The van der Waals surface area contributed by atoms with E-state index in [9.17, 15) is 43.2 Å². The van der Waals surface area contributed by atoms with Crippen molar-refractivity contribution in [1.82, 2.24) is 0 Å². The van der Waals surface area contributed by atoms with Gasteiger partial charge in [0.2, 0.25) is 0 Å². The highest BCUT2D eigenvalue weighted by molar-refractivity contribution is 5.95. The van der Waals surface area contributed by atoms with Crippen LogP contribution in [0, 0.1) is 11.8 Å². The van der Waals surface area contributed by atoms with Gasteiger partial charge in [-0.15, -0.1) is 0 Å². The molecule has 12 rings (SSSR count). The van der Waals surface area contributed by atoms with Crippen LogP contribution in [0.1, 0.15) is 119 Å². The molecule has 0 bridgehead atoms. The van der Waals surface area contributed by atoms with Gasteiger partial charge in [-0.25, -0.2) is 43.2 Å². The highest BCUT2D eigenvalue weighted by Crippen LogP contribution is 2.47. The molecule has 4 aliphatic rings. The second-order valence-corrected chi connectivity index (χ2v) is 28.1. The highest BCUT2D eigenvalue weighted by Gasteiger charge is 2.30. The normalized spacial score (nSPS) is 11.6. The Hall–Kier alpha value is -13.8. The third kappa shape index (κ3) is 22.3. The lowest BCUT2D eigenvalue weighted by molar-refractivity contribution is -0.139. The van der Waals surface area contributed by atoms with Crippen LogP contribution in [0.2, 0.25) is 0 Å². The first-order valence-corrected chi connectivity index (χ1v) is 36.5. The molecule has 114 heavy (non-hydrogen) atoms. The van der Waals surface area contributed by atoms with Gasteiger partial charge in [-0.3, -0.25) is 0 Å². The monoisotopic (exact) mass is 1530 g/mol. The number of rotatable bonds is 21. The van der Waals surface area contributed by atoms with Crippen LogP contribution in [0.5, 0.6) is 46.0 Å². The quantitative estimate of drug-likeness (QED) is 0.0214. The van der Waals surface area contributed by atoms with Crippen molar-refractivity contribution >= 4 is 53.7 Å². The molecule has 4 aliphatic carbocycles. The molecule has 0 amide bonds. The smallest absolute Gasteiger partial charge is 0.338 e. The van der Waals surface area contributed by atoms with Crippen molar-refractivity contribution < 1.29 is 85.8 Å². The molecule has 0 heterocycles. The number of carbonyl (C=O) groups is 9. The average molecular weight is 1530 g/mol. The number of benzene rings is 8. The lowest BCUT2D eigenvalue weighted by Gasteiger charge is -2.30. The Morgan fingerprint density at radius 3 is 0.684 bits per heavy atom. The second-order valence-electron chi connectivity index (χ2n) is 28.1. The van der Waals surface area contributed by atoms with Crippen molar-refractivity contribution in [2.75, 3.05) is 6.61 Å². The summed E-state index contributed by atoms with van der Waals surface area (Å²) in [5.41, 5.74) is 22.2. The summed E-state index contributed by atoms with van der Waals surface area (Å²) in [4.78, 5) is 106. The van der Waals surface area contributed by atoms with Gasteiger partial charge in [-0.1, -0.05) is 107 Å². The summed E-state index contributed by atoms with van der Waals surface area (Å²) in [6, 6.07) is 41.8. The standard InChI is InChI=1S/C28H26O4.C24H22O6.C24H22O4.C20H18O4/c1-17(2)27(29)31-12-6-5-7-19-13-20-8-10-22-15-24(32-28(30)18(3)4)16-23-11-9-21(14-19)25(20)26(22)23;1-14(2)22(25)28-19-9-7-17(8-10-19)18-11-20(29-23(26)15(3)4)13-21(12-18)30-24(27)16(5)6;1-13(2)23(25)27-19-9-15-5-7-17-11-20(28-24(26)14(3)4)12-18-8-6-16(10-19)21(15)22(17)18;1-13(2)19(21)23-17-9-5-15(6-10-17)16-7-11-18(12-8-16)24-20(22)14(3)4/h13-16H,1,3,6,8-12H2,2,4H3;7-13H,1,3,5H2,2,4,6H3;9-12H,1,3,5-8H2,2,4H3;5-12H,1,3H2,2,4H3. The summed E-state index contributed by atoms with van der Waals surface area (Å²) < 4.78 is 47.6. The van der Waals surface area contributed by atoms with Crippen molar-refractivity contribution in [3.8, 4) is 102 Å². The summed E-state index contributed by atoms with van der Waals surface area (Å²) in [6.45, 7) is 46.9. The molecule has 0 atom stereocenters. The predicted molar refractivity (Wildman–Crippen MR) is 438 cm³/mol. The fourth-order valence-corrected chi connectivity index (χ4v) is 12.2. The molecule has 18 heteroatoms. The third-order valence-electron chi connectivity index (χ3n) is 17.9. The molecule has 0 aliphatic heterocycles. The summed E-state index contributed by atoms with van der Waals surface area (Å²) in [6.07, 6.45) is 7.56. The molecule has 8 aromatic rings. The Balaban J connectivity index is 0.000000175. The average Bonchev–Trinajstić information content (AvgIpc) is 0.744. The summed E-state index contributed by atoms with van der Waals surface area (Å²) in [7, 11) is 0. The lowest BCUT2D eigenvalue weighted by atomic mass is 9.75. The molecule has 0 fully saturated rings. The molecule has 580 valence electrons. The maximum Gasteiger partial charge on any atom is 0.338 e. The van der Waals surface area contributed by atoms with Crippen LogP contribution in [0.3, 0.4) is 0 Å². The topological polar surface area (TPSA) is 237 Å². The Labute approximate surface area is 664 Å². The summed E-state index contributed by atoms with van der Waals surface area (Å²) in [5.74, 6) is 5.55. The first-order chi connectivity index (χ1) is 54.1. The maximum atomic E-state index is 12.0. The molecule has 0 saturated heterocycles. The zero-order valence-electron chi connectivity index (χ0n) is 65.6. The van der Waals surface area contributed by atoms with Crippen molar-refractivity contribution in [3.63, 3.8) is 0 Å². The lowest BCUT2D eigenvalue weighted by Crippen LogP contribution is -2.16. The molecule has 0 aromatic heterocycles. The van der Waals surface area contributed by atoms with Crippen LogP contribution < -0.4 is 37.9 Å². The van der Waals surface area contributed by atoms with E-state index in [0.717, 1.165) is 68.1 Å².